The average Bonchev–Trinajstić information content (AvgIpc) is 3.57. The smallest absolute Gasteiger partial charge is 0.180 e. The molecule has 3 aromatic heterocycles. The van der Waals surface area contributed by atoms with E-state index in [-0.39, 0.29) is 0 Å². The first-order valence-corrected chi connectivity index (χ1v) is 12.4. The molecule has 0 fully saturated rings. The van der Waals surface area contributed by atoms with Crippen LogP contribution in [0.1, 0.15) is 29.3 Å². The number of aromatic nitrogens is 6. The molecule has 0 spiro atoms. The summed E-state index contributed by atoms with van der Waals surface area (Å²) in [6.45, 7) is 2.16. The molecule has 3 heterocycles. The molecule has 0 saturated carbocycles. The molecule has 36 heavy (non-hydrogen) atoms. The fourth-order valence-corrected chi connectivity index (χ4v) is 5.39. The van der Waals surface area contributed by atoms with E-state index in [1.807, 2.05) is 60.3 Å². The van der Waals surface area contributed by atoms with E-state index in [4.69, 9.17) is 23.2 Å². The van der Waals surface area contributed by atoms with Gasteiger partial charge in [-0.2, -0.15) is 4.52 Å². The monoisotopic (exact) mass is 512 g/mol. The highest BCUT2D eigenvalue weighted by Gasteiger charge is 2.37. The minimum atomic E-state index is -0.998. The molecule has 0 bridgehead atoms. The number of aryl methyl sites for hydroxylation is 2. The summed E-state index contributed by atoms with van der Waals surface area (Å²) in [7, 11) is 1.95. The molecule has 6 rings (SSSR count). The molecule has 6 nitrogen and oxygen atoms in total. The summed E-state index contributed by atoms with van der Waals surface area (Å²) in [6, 6.07) is 24.4. The maximum atomic E-state index is 7.61. The quantitative estimate of drug-likeness (QED) is 0.250. The maximum absolute atomic E-state index is 7.61. The van der Waals surface area contributed by atoms with Crippen molar-refractivity contribution in [3.63, 3.8) is 0 Å². The van der Waals surface area contributed by atoms with Gasteiger partial charge in [0, 0.05) is 17.5 Å². The molecule has 6 aromatic rings. The van der Waals surface area contributed by atoms with Crippen molar-refractivity contribution in [2.45, 2.75) is 18.2 Å². The summed E-state index contributed by atoms with van der Waals surface area (Å²) in [5.74, 6) is 0. The van der Waals surface area contributed by atoms with E-state index in [1.165, 1.54) is 5.56 Å². The number of hydrogen-bond donors (Lipinski definition) is 0. The van der Waals surface area contributed by atoms with Crippen molar-refractivity contribution in [1.29, 1.82) is 0 Å². The van der Waals surface area contributed by atoms with Crippen LogP contribution in [-0.4, -0.2) is 29.6 Å². The lowest BCUT2D eigenvalue weighted by atomic mass is 9.86. The largest absolute Gasteiger partial charge is 0.336 e. The van der Waals surface area contributed by atoms with Crippen molar-refractivity contribution in [1.82, 2.24) is 29.6 Å². The SMILES string of the molecule is CCc1cccc(-c2cc3nnnn3c3ccc(C(Cl)(c4ccc(Cl)cc4)c4cncn4C)cc23)c1. The van der Waals surface area contributed by atoms with Gasteiger partial charge >= 0.3 is 0 Å². The molecule has 0 saturated heterocycles. The Morgan fingerprint density at radius 2 is 1.75 bits per heavy atom. The van der Waals surface area contributed by atoms with Crippen LogP contribution in [-0.2, 0) is 18.3 Å². The molecule has 0 N–H and O–H groups in total. The van der Waals surface area contributed by atoms with Crippen molar-refractivity contribution >= 4 is 39.8 Å². The van der Waals surface area contributed by atoms with Gasteiger partial charge in [-0.05, 0) is 75.0 Å². The Morgan fingerprint density at radius 1 is 0.944 bits per heavy atom. The van der Waals surface area contributed by atoms with Crippen LogP contribution in [0.4, 0.5) is 0 Å². The van der Waals surface area contributed by atoms with Crippen molar-refractivity contribution in [2.24, 2.45) is 7.05 Å². The average molecular weight is 513 g/mol. The first-order chi connectivity index (χ1) is 17.5. The summed E-state index contributed by atoms with van der Waals surface area (Å²) in [5.41, 5.74) is 7.66. The van der Waals surface area contributed by atoms with E-state index >= 15 is 0 Å². The molecule has 1 atom stereocenters. The van der Waals surface area contributed by atoms with Crippen LogP contribution < -0.4 is 0 Å². The minimum absolute atomic E-state index is 0.653. The van der Waals surface area contributed by atoms with Crippen LogP contribution in [0.3, 0.4) is 0 Å². The van der Waals surface area contributed by atoms with E-state index in [1.54, 1.807) is 10.8 Å². The summed E-state index contributed by atoms with van der Waals surface area (Å²) in [5, 5.41) is 14.0. The second-order valence-corrected chi connectivity index (χ2v) is 9.85. The highest BCUT2D eigenvalue weighted by atomic mass is 35.5. The predicted octanol–water partition coefficient (Wildman–Crippen LogP) is 6.42. The van der Waals surface area contributed by atoms with Crippen LogP contribution in [0, 0.1) is 0 Å². The van der Waals surface area contributed by atoms with Crippen molar-refractivity contribution < 1.29 is 0 Å². The molecule has 0 aliphatic heterocycles. The lowest BCUT2D eigenvalue weighted by molar-refractivity contribution is 0.746. The number of rotatable bonds is 5. The Labute approximate surface area is 218 Å². The summed E-state index contributed by atoms with van der Waals surface area (Å²) < 4.78 is 3.70. The molecular weight excluding hydrogens is 491 g/mol. The standard InChI is InChI=1S/C28H22Cl2N6/c1-3-18-5-4-6-19(13-18)23-15-27-32-33-34-36(27)25-12-9-21(14-24(23)25)28(30,26-16-31-17-35(26)2)20-7-10-22(29)11-8-20/h4-17H,3H2,1-2H3. The van der Waals surface area contributed by atoms with Crippen molar-refractivity contribution in [3.05, 3.63) is 113 Å². The third kappa shape index (κ3) is 3.56. The van der Waals surface area contributed by atoms with E-state index in [2.05, 4.69) is 57.8 Å². The Morgan fingerprint density at radius 3 is 2.50 bits per heavy atom. The van der Waals surface area contributed by atoms with Gasteiger partial charge in [-0.1, -0.05) is 61.0 Å². The first kappa shape index (κ1) is 22.7. The highest BCUT2D eigenvalue weighted by Crippen LogP contribution is 2.45. The van der Waals surface area contributed by atoms with Gasteiger partial charge in [-0.3, -0.25) is 0 Å². The van der Waals surface area contributed by atoms with Gasteiger partial charge in [0.05, 0.1) is 23.7 Å². The van der Waals surface area contributed by atoms with Crippen molar-refractivity contribution in [2.75, 3.05) is 0 Å². The van der Waals surface area contributed by atoms with Crippen molar-refractivity contribution in [3.8, 4) is 11.1 Å². The van der Waals surface area contributed by atoms with Crippen LogP contribution >= 0.6 is 23.2 Å². The molecule has 1 unspecified atom stereocenters. The number of imidazole rings is 1. The zero-order valence-electron chi connectivity index (χ0n) is 19.7. The zero-order chi connectivity index (χ0) is 24.9. The second kappa shape index (κ2) is 8.73. The number of fused-ring (bicyclic) bond motifs is 3. The first-order valence-electron chi connectivity index (χ1n) is 11.7. The van der Waals surface area contributed by atoms with E-state index in [0.717, 1.165) is 45.3 Å². The van der Waals surface area contributed by atoms with Gasteiger partial charge < -0.3 is 4.57 Å². The Kier molecular flexibility index (Phi) is 5.51. The Balaban J connectivity index is 1.67. The molecule has 3 aromatic carbocycles. The van der Waals surface area contributed by atoms with Gasteiger partial charge in [0.15, 0.2) is 5.65 Å². The fraction of sp³-hybridized carbons (Fsp3) is 0.143. The predicted molar refractivity (Wildman–Crippen MR) is 143 cm³/mol. The molecule has 8 heteroatoms. The topological polar surface area (TPSA) is 60.9 Å². The number of tetrazole rings is 1. The second-order valence-electron chi connectivity index (χ2n) is 8.85. The molecule has 0 aliphatic rings. The normalized spacial score (nSPS) is 13.3. The van der Waals surface area contributed by atoms with Crippen LogP contribution in [0.15, 0.2) is 85.3 Å². The number of halogens is 2. The van der Waals surface area contributed by atoms with Crippen LogP contribution in [0.2, 0.25) is 5.02 Å². The lowest BCUT2D eigenvalue weighted by Crippen LogP contribution is -2.25. The molecule has 0 amide bonds. The summed E-state index contributed by atoms with van der Waals surface area (Å²) >= 11 is 13.8. The number of alkyl halides is 1. The van der Waals surface area contributed by atoms with Gasteiger partial charge in [-0.25, -0.2) is 4.98 Å². The molecular formula is C28H22Cl2N6. The van der Waals surface area contributed by atoms with Crippen LogP contribution in [0.5, 0.6) is 0 Å². The number of benzene rings is 3. The minimum Gasteiger partial charge on any atom is -0.336 e. The van der Waals surface area contributed by atoms with Gasteiger partial charge in [0.25, 0.3) is 0 Å². The maximum Gasteiger partial charge on any atom is 0.180 e. The molecule has 178 valence electrons. The van der Waals surface area contributed by atoms with E-state index in [0.29, 0.717) is 10.7 Å². The number of pyridine rings is 1. The summed E-state index contributed by atoms with van der Waals surface area (Å²) in [4.78, 5) is 3.36. The molecule has 0 aliphatic carbocycles. The van der Waals surface area contributed by atoms with Gasteiger partial charge in [0.1, 0.15) is 4.87 Å². The highest BCUT2D eigenvalue weighted by molar-refractivity contribution is 6.31. The third-order valence-corrected chi connectivity index (χ3v) is 7.62. The van der Waals surface area contributed by atoms with E-state index < -0.39 is 4.87 Å². The van der Waals surface area contributed by atoms with Gasteiger partial charge in [-0.15, -0.1) is 16.7 Å². The fourth-order valence-electron chi connectivity index (χ4n) is 4.84. The molecule has 0 radical (unpaired) electrons. The van der Waals surface area contributed by atoms with Crippen LogP contribution in [0.25, 0.3) is 27.7 Å². The van der Waals surface area contributed by atoms with E-state index in [9.17, 15) is 0 Å². The number of hydrogen-bond acceptors (Lipinski definition) is 4. The summed E-state index contributed by atoms with van der Waals surface area (Å²) in [6.07, 6.45) is 4.52. The number of nitrogens with zero attached hydrogens (tertiary/aromatic N) is 6. The Bertz CT molecular complexity index is 1720. The van der Waals surface area contributed by atoms with Gasteiger partial charge in [0.2, 0.25) is 0 Å². The third-order valence-electron chi connectivity index (χ3n) is 6.74. The zero-order valence-corrected chi connectivity index (χ0v) is 21.2. The lowest BCUT2D eigenvalue weighted by Gasteiger charge is -2.29. The Hall–Kier alpha value is -3.74.